The van der Waals surface area contributed by atoms with E-state index in [1.54, 1.807) is 12.1 Å². The molecule has 0 saturated heterocycles. The van der Waals surface area contributed by atoms with Gasteiger partial charge >= 0.3 is 6.36 Å². The number of allylic oxidation sites excluding steroid dienone is 2. The van der Waals surface area contributed by atoms with Gasteiger partial charge in [0, 0.05) is 0 Å². The normalized spacial score (nSPS) is 22.9. The first-order valence-electron chi connectivity index (χ1n) is 7.56. The molecule has 1 fully saturated rings. The number of hydrogen-bond donors (Lipinski definition) is 0. The van der Waals surface area contributed by atoms with Crippen LogP contribution in [0.15, 0.2) is 36.4 Å². The third-order valence-corrected chi connectivity index (χ3v) is 4.04. The molecule has 2 rings (SSSR count). The summed E-state index contributed by atoms with van der Waals surface area (Å²) in [6.45, 7) is -0.321. The Hall–Kier alpha value is -1.52. The number of halogens is 4. The van der Waals surface area contributed by atoms with Crippen LogP contribution in [-0.4, -0.2) is 13.0 Å². The molecule has 1 aliphatic carbocycles. The molecule has 1 nitrogen and oxygen atoms in total. The van der Waals surface area contributed by atoms with Gasteiger partial charge in [-0.05, 0) is 61.6 Å². The van der Waals surface area contributed by atoms with Crippen molar-refractivity contribution < 1.29 is 22.3 Å². The molecule has 0 amide bonds. The summed E-state index contributed by atoms with van der Waals surface area (Å²) >= 11 is 0. The largest absolute Gasteiger partial charge is 0.573 e. The van der Waals surface area contributed by atoms with Gasteiger partial charge in [0.05, 0.1) is 6.67 Å². The van der Waals surface area contributed by atoms with Gasteiger partial charge in [-0.15, -0.1) is 13.2 Å². The van der Waals surface area contributed by atoms with Crippen molar-refractivity contribution in [3.05, 3.63) is 42.0 Å². The van der Waals surface area contributed by atoms with Gasteiger partial charge in [-0.1, -0.05) is 24.3 Å². The molecule has 0 spiro atoms. The topological polar surface area (TPSA) is 9.23 Å². The Labute approximate surface area is 128 Å². The molecular formula is C17H20F4O. The molecule has 22 heavy (non-hydrogen) atoms. The summed E-state index contributed by atoms with van der Waals surface area (Å²) < 4.78 is 52.3. The lowest BCUT2D eigenvalue weighted by Gasteiger charge is -2.27. The van der Waals surface area contributed by atoms with Crippen molar-refractivity contribution in [2.75, 3.05) is 6.67 Å². The zero-order chi connectivity index (χ0) is 16.0. The fourth-order valence-electron chi connectivity index (χ4n) is 2.94. The summed E-state index contributed by atoms with van der Waals surface area (Å²) in [5.74, 6) is 0.695. The Balaban J connectivity index is 1.86. The maximum absolute atomic E-state index is 12.1. The minimum absolute atomic E-state index is 0.181. The Morgan fingerprint density at radius 2 is 1.68 bits per heavy atom. The molecular weight excluding hydrogens is 296 g/mol. The van der Waals surface area contributed by atoms with Gasteiger partial charge in [-0.2, -0.15) is 0 Å². The van der Waals surface area contributed by atoms with E-state index in [0.29, 0.717) is 18.3 Å². The molecule has 0 atom stereocenters. The first-order chi connectivity index (χ1) is 10.5. The van der Waals surface area contributed by atoms with Gasteiger partial charge < -0.3 is 4.74 Å². The van der Waals surface area contributed by atoms with E-state index in [4.69, 9.17) is 0 Å². The van der Waals surface area contributed by atoms with Crippen LogP contribution in [-0.2, 0) is 0 Å². The van der Waals surface area contributed by atoms with Gasteiger partial charge in [0.25, 0.3) is 0 Å². The van der Waals surface area contributed by atoms with Crippen molar-refractivity contribution in [1.29, 1.82) is 0 Å². The maximum Gasteiger partial charge on any atom is 0.573 e. The molecule has 1 saturated carbocycles. The zero-order valence-electron chi connectivity index (χ0n) is 12.3. The van der Waals surface area contributed by atoms with Crippen LogP contribution in [0.25, 0.3) is 0 Å². The van der Waals surface area contributed by atoms with E-state index in [0.717, 1.165) is 31.2 Å². The summed E-state index contributed by atoms with van der Waals surface area (Å²) in [6.07, 6.45) is 3.90. The summed E-state index contributed by atoms with van der Waals surface area (Å²) in [5.41, 5.74) is 1.06. The molecule has 0 heterocycles. The number of rotatable bonds is 5. The van der Waals surface area contributed by atoms with Gasteiger partial charge in [0.2, 0.25) is 0 Å². The van der Waals surface area contributed by atoms with Crippen LogP contribution in [0.2, 0.25) is 0 Å². The molecule has 0 N–H and O–H groups in total. The third kappa shape index (κ3) is 5.35. The van der Waals surface area contributed by atoms with E-state index in [-0.39, 0.29) is 12.4 Å². The Morgan fingerprint density at radius 1 is 1.05 bits per heavy atom. The Morgan fingerprint density at radius 3 is 2.23 bits per heavy atom. The van der Waals surface area contributed by atoms with Gasteiger partial charge in [-0.3, -0.25) is 4.39 Å². The molecule has 1 aromatic rings. The van der Waals surface area contributed by atoms with Crippen molar-refractivity contribution in [3.63, 3.8) is 0 Å². The molecule has 1 aromatic carbocycles. The highest BCUT2D eigenvalue weighted by molar-refractivity contribution is 5.30. The van der Waals surface area contributed by atoms with E-state index in [9.17, 15) is 17.6 Å². The van der Waals surface area contributed by atoms with Crippen LogP contribution in [0, 0.1) is 5.92 Å². The molecule has 1 aliphatic rings. The predicted octanol–water partition coefficient (Wildman–Crippen LogP) is 5.77. The summed E-state index contributed by atoms with van der Waals surface area (Å²) in [7, 11) is 0. The maximum atomic E-state index is 12.1. The van der Waals surface area contributed by atoms with E-state index in [2.05, 4.69) is 10.8 Å². The minimum atomic E-state index is -4.65. The fourth-order valence-corrected chi connectivity index (χ4v) is 2.94. The molecule has 122 valence electrons. The summed E-state index contributed by atoms with van der Waals surface area (Å²) in [5, 5.41) is 0. The van der Waals surface area contributed by atoms with Gasteiger partial charge in [-0.25, -0.2) is 0 Å². The highest BCUT2D eigenvalue weighted by atomic mass is 19.4. The minimum Gasteiger partial charge on any atom is -0.406 e. The van der Waals surface area contributed by atoms with Crippen molar-refractivity contribution in [2.24, 2.45) is 5.92 Å². The second-order valence-corrected chi connectivity index (χ2v) is 5.63. The molecule has 0 radical (unpaired) electrons. The molecule has 0 aromatic heterocycles. The lowest BCUT2D eigenvalue weighted by molar-refractivity contribution is -0.274. The molecule has 0 unspecified atom stereocenters. The molecule has 0 bridgehead atoms. The van der Waals surface area contributed by atoms with Crippen LogP contribution in [0.1, 0.15) is 43.6 Å². The van der Waals surface area contributed by atoms with Crippen LogP contribution in [0.5, 0.6) is 5.75 Å². The smallest absolute Gasteiger partial charge is 0.406 e. The molecule has 5 heteroatoms. The van der Waals surface area contributed by atoms with Crippen molar-refractivity contribution >= 4 is 0 Å². The Kier molecular flexibility index (Phi) is 5.86. The summed E-state index contributed by atoms with van der Waals surface area (Å²) in [4.78, 5) is 0. The number of alkyl halides is 4. The highest BCUT2D eigenvalue weighted by Crippen LogP contribution is 2.37. The SMILES string of the molecule is FCC/C=C/[C@H]1CC[C@H](c2ccc(OC(F)(F)F)cc2)CC1. The van der Waals surface area contributed by atoms with Crippen molar-refractivity contribution in [1.82, 2.24) is 0 Å². The average molecular weight is 316 g/mol. The van der Waals surface area contributed by atoms with Crippen molar-refractivity contribution in [2.45, 2.75) is 44.4 Å². The first-order valence-corrected chi connectivity index (χ1v) is 7.56. The predicted molar refractivity (Wildman–Crippen MR) is 77.6 cm³/mol. The van der Waals surface area contributed by atoms with E-state index < -0.39 is 6.36 Å². The van der Waals surface area contributed by atoms with Gasteiger partial charge in [0.1, 0.15) is 5.75 Å². The monoisotopic (exact) mass is 316 g/mol. The quantitative estimate of drug-likeness (QED) is 0.494. The highest BCUT2D eigenvalue weighted by Gasteiger charge is 2.31. The average Bonchev–Trinajstić information content (AvgIpc) is 2.48. The van der Waals surface area contributed by atoms with Crippen LogP contribution >= 0.6 is 0 Å². The van der Waals surface area contributed by atoms with Gasteiger partial charge in [0.15, 0.2) is 0 Å². The van der Waals surface area contributed by atoms with Crippen LogP contribution in [0.4, 0.5) is 17.6 Å². The fraction of sp³-hybridized carbons (Fsp3) is 0.529. The van der Waals surface area contributed by atoms with E-state index >= 15 is 0 Å². The Bertz CT molecular complexity index is 470. The number of hydrogen-bond acceptors (Lipinski definition) is 1. The van der Waals surface area contributed by atoms with E-state index in [1.165, 1.54) is 12.1 Å². The number of ether oxygens (including phenoxy) is 1. The third-order valence-electron chi connectivity index (χ3n) is 4.04. The summed E-state index contributed by atoms with van der Waals surface area (Å²) in [6, 6.07) is 6.17. The first kappa shape index (κ1) is 16.8. The molecule has 0 aliphatic heterocycles. The number of benzene rings is 1. The lowest BCUT2D eigenvalue weighted by Crippen LogP contribution is -2.17. The second kappa shape index (κ2) is 7.65. The second-order valence-electron chi connectivity index (χ2n) is 5.63. The van der Waals surface area contributed by atoms with Crippen LogP contribution < -0.4 is 4.74 Å². The van der Waals surface area contributed by atoms with Crippen LogP contribution in [0.3, 0.4) is 0 Å². The van der Waals surface area contributed by atoms with E-state index in [1.807, 2.05) is 6.08 Å². The zero-order valence-corrected chi connectivity index (χ0v) is 12.3. The lowest BCUT2D eigenvalue weighted by atomic mass is 9.78. The van der Waals surface area contributed by atoms with Crippen molar-refractivity contribution in [3.8, 4) is 5.75 Å². The standard InChI is InChI=1S/C17H20F4O/c18-12-2-1-3-13-4-6-14(7-5-13)15-8-10-16(11-9-15)22-17(19,20)21/h1,3,8-11,13-14H,2,4-7,12H2/b3-1+/t13-,14-.